The lowest BCUT2D eigenvalue weighted by molar-refractivity contribution is -0.143. The van der Waals surface area contributed by atoms with Crippen molar-refractivity contribution in [2.45, 2.75) is 129 Å². The molecule has 3 rings (SSSR count). The topological polar surface area (TPSA) is 289 Å². The number of nitrogens with zero attached hydrogens (tertiary/aromatic N) is 2. The van der Waals surface area contributed by atoms with Crippen LogP contribution in [0.4, 0.5) is 0 Å². The first-order chi connectivity index (χ1) is 26.9. The number of aliphatic carboxylic acids is 1. The fourth-order valence-corrected chi connectivity index (χ4v) is 7.13. The van der Waals surface area contributed by atoms with Gasteiger partial charge in [0.05, 0.1) is 6.04 Å². The van der Waals surface area contributed by atoms with Gasteiger partial charge in [0.1, 0.15) is 24.2 Å². The van der Waals surface area contributed by atoms with Gasteiger partial charge in [-0.3, -0.25) is 24.2 Å². The van der Waals surface area contributed by atoms with Crippen LogP contribution in [0.3, 0.4) is 0 Å². The molecule has 0 bridgehead atoms. The molecule has 1 aliphatic heterocycles. The number of aliphatic imine (C=N–C) groups is 1. The third kappa shape index (κ3) is 14.6. The highest BCUT2D eigenvalue weighted by Crippen LogP contribution is 2.24. The summed E-state index contributed by atoms with van der Waals surface area (Å²) in [5, 5.41) is 22.4. The van der Waals surface area contributed by atoms with E-state index in [1.54, 1.807) is 31.9 Å². The predicted octanol–water partition coefficient (Wildman–Crippen LogP) is 0.801. The van der Waals surface area contributed by atoms with Crippen LogP contribution in [-0.4, -0.2) is 113 Å². The molecule has 4 amide bonds. The Bertz CT molecular complexity index is 1670. The number of likely N-dealkylation sites (tertiary alicyclic amines) is 1. The maximum atomic E-state index is 14.3. The average molecular weight is 798 g/mol. The number of carbonyl (C=O) groups is 5. The number of H-pyrrole nitrogens is 1. The number of nitrogens with one attached hydrogen (secondary N) is 5. The third-order valence-electron chi connectivity index (χ3n) is 10.2. The van der Waals surface area contributed by atoms with Crippen molar-refractivity contribution in [3.8, 4) is 0 Å². The smallest absolute Gasteiger partial charge is 0.326 e. The molecule has 17 nitrogen and oxygen atoms in total. The Balaban J connectivity index is 1.85. The van der Waals surface area contributed by atoms with Gasteiger partial charge in [-0.15, -0.1) is 0 Å². The minimum Gasteiger partial charge on any atom is -0.480 e. The Morgan fingerprint density at radius 2 is 1.68 bits per heavy atom. The number of carboxylic acid groups (broad SMARTS) is 1. The van der Waals surface area contributed by atoms with Crippen molar-refractivity contribution in [2.75, 3.05) is 26.2 Å². The first kappa shape index (κ1) is 46.6. The molecule has 1 aromatic heterocycles. The van der Waals surface area contributed by atoms with Gasteiger partial charge in [-0.25, -0.2) is 4.79 Å². The summed E-state index contributed by atoms with van der Waals surface area (Å²) in [6.07, 6.45) is 6.31. The summed E-state index contributed by atoms with van der Waals surface area (Å²) in [7, 11) is 0. The standard InChI is InChI=1S/C40H67N11O6/c1-24(2)20-31(38(56)57)49-36(54)33(40(3,4)5)50-34(52)30(21-25-22-46-28-14-7-6-13-27(25)28)48-35(53)32-16-11-19-51(32)37(55)29(15-8-9-17-41)47-23-26(42)12-10-18-45-39(43)44/h6-7,13-14,22,24,26,29-33,46-47H,8-12,15-21,23,41-42H2,1-5H3,(H,48,53)(H,49,54)(H,50,52)(H,56,57)(H4,43,44,45)/t26-,29-,30-,31-,32+,33+/m0/s1. The first-order valence-corrected chi connectivity index (χ1v) is 20.2. The number of carboxylic acids is 1. The summed E-state index contributed by atoms with van der Waals surface area (Å²) >= 11 is 0. The van der Waals surface area contributed by atoms with Gasteiger partial charge in [0, 0.05) is 49.2 Å². The molecule has 57 heavy (non-hydrogen) atoms. The zero-order chi connectivity index (χ0) is 42.3. The molecule has 2 heterocycles. The van der Waals surface area contributed by atoms with E-state index >= 15 is 0 Å². The van der Waals surface area contributed by atoms with Crippen molar-refractivity contribution in [2.24, 2.45) is 39.3 Å². The van der Waals surface area contributed by atoms with Crippen LogP contribution in [0, 0.1) is 11.3 Å². The van der Waals surface area contributed by atoms with Crippen molar-refractivity contribution in [1.82, 2.24) is 31.2 Å². The second-order valence-electron chi connectivity index (χ2n) is 16.6. The van der Waals surface area contributed by atoms with Crippen LogP contribution in [-0.2, 0) is 30.4 Å². The van der Waals surface area contributed by atoms with E-state index in [4.69, 9.17) is 22.9 Å². The van der Waals surface area contributed by atoms with Crippen LogP contribution in [0.25, 0.3) is 10.9 Å². The largest absolute Gasteiger partial charge is 0.480 e. The second kappa shape index (κ2) is 22.3. The van der Waals surface area contributed by atoms with Gasteiger partial charge in [0.25, 0.3) is 0 Å². The highest BCUT2D eigenvalue weighted by molar-refractivity contribution is 5.96. The number of benzene rings is 1. The average Bonchev–Trinajstić information content (AvgIpc) is 3.80. The van der Waals surface area contributed by atoms with Crippen molar-refractivity contribution in [3.05, 3.63) is 36.0 Å². The van der Waals surface area contributed by atoms with E-state index in [0.29, 0.717) is 64.7 Å². The minimum absolute atomic E-state index is 0.00524. The van der Waals surface area contributed by atoms with E-state index in [9.17, 15) is 29.1 Å². The van der Waals surface area contributed by atoms with Gasteiger partial charge in [-0.05, 0) is 74.5 Å². The van der Waals surface area contributed by atoms with Gasteiger partial charge in [-0.1, -0.05) is 59.2 Å². The molecule has 0 unspecified atom stereocenters. The van der Waals surface area contributed by atoms with E-state index in [1.807, 2.05) is 38.1 Å². The lowest BCUT2D eigenvalue weighted by atomic mass is 9.85. The normalized spacial score (nSPS) is 17.1. The summed E-state index contributed by atoms with van der Waals surface area (Å²) in [4.78, 5) is 77.1. The Labute approximate surface area is 336 Å². The SMILES string of the molecule is CC(C)C[C@H](NC(=O)[C@@H](NC(=O)[C@H](Cc1c[nH]c2ccccc12)NC(=O)[C@H]1CCCN1C(=O)[C@H](CCCCN)NC[C@@H](N)CCCN=C(N)N)C(C)(C)C)C(=O)O. The number of hydrogen-bond acceptors (Lipinski definition) is 9. The summed E-state index contributed by atoms with van der Waals surface area (Å²) in [5.74, 6) is -3.14. The van der Waals surface area contributed by atoms with Crippen LogP contribution < -0.4 is 44.2 Å². The zero-order valence-corrected chi connectivity index (χ0v) is 34.3. The van der Waals surface area contributed by atoms with E-state index in [2.05, 4.69) is 31.2 Å². The summed E-state index contributed by atoms with van der Waals surface area (Å²) < 4.78 is 0. The number of nitrogens with two attached hydrogens (primary N) is 4. The number of unbranched alkanes of at least 4 members (excludes halogenated alkanes) is 1. The molecule has 1 saturated heterocycles. The van der Waals surface area contributed by atoms with Crippen LogP contribution in [0.15, 0.2) is 35.5 Å². The van der Waals surface area contributed by atoms with Gasteiger partial charge in [0.2, 0.25) is 23.6 Å². The Morgan fingerprint density at radius 3 is 2.33 bits per heavy atom. The lowest BCUT2D eigenvalue weighted by Gasteiger charge is -2.33. The molecule has 14 N–H and O–H groups in total. The molecule has 318 valence electrons. The fourth-order valence-electron chi connectivity index (χ4n) is 7.13. The van der Waals surface area contributed by atoms with Gasteiger partial charge >= 0.3 is 5.97 Å². The minimum atomic E-state index is -1.17. The third-order valence-corrected chi connectivity index (χ3v) is 10.2. The number of hydrogen-bond donors (Lipinski definition) is 10. The zero-order valence-electron chi connectivity index (χ0n) is 34.3. The quantitative estimate of drug-likeness (QED) is 0.0426. The maximum absolute atomic E-state index is 14.3. The Hall–Kier alpha value is -4.74. The number of para-hydroxylation sites is 1. The first-order valence-electron chi connectivity index (χ1n) is 20.2. The highest BCUT2D eigenvalue weighted by atomic mass is 16.4. The summed E-state index contributed by atoms with van der Waals surface area (Å²) in [6.45, 7) is 10.7. The summed E-state index contributed by atoms with van der Waals surface area (Å²) in [5.41, 5.74) is 23.7. The highest BCUT2D eigenvalue weighted by Gasteiger charge is 2.40. The molecule has 2 aromatic rings. The number of fused-ring (bicyclic) bond motifs is 1. The number of carbonyl (C=O) groups excluding carboxylic acids is 4. The number of rotatable bonds is 23. The molecular formula is C40H67N11O6. The summed E-state index contributed by atoms with van der Waals surface area (Å²) in [6, 6.07) is 2.46. The molecule has 17 heteroatoms. The number of aromatic nitrogens is 1. The van der Waals surface area contributed by atoms with Crippen LogP contribution in [0.5, 0.6) is 0 Å². The van der Waals surface area contributed by atoms with Gasteiger partial charge in [0.15, 0.2) is 5.96 Å². The van der Waals surface area contributed by atoms with Crippen molar-refractivity contribution in [1.29, 1.82) is 0 Å². The fraction of sp³-hybridized carbons (Fsp3) is 0.650. The molecule has 1 fully saturated rings. The van der Waals surface area contributed by atoms with E-state index in [-0.39, 0.29) is 36.7 Å². The van der Waals surface area contributed by atoms with E-state index in [1.165, 1.54) is 0 Å². The maximum Gasteiger partial charge on any atom is 0.326 e. The second-order valence-corrected chi connectivity index (χ2v) is 16.6. The monoisotopic (exact) mass is 798 g/mol. The number of aromatic amines is 1. The molecule has 0 radical (unpaired) electrons. The van der Waals surface area contributed by atoms with Crippen molar-refractivity contribution in [3.63, 3.8) is 0 Å². The van der Waals surface area contributed by atoms with Crippen LogP contribution >= 0.6 is 0 Å². The Kier molecular flexibility index (Phi) is 18.2. The Morgan fingerprint density at radius 1 is 0.965 bits per heavy atom. The van der Waals surface area contributed by atoms with E-state index in [0.717, 1.165) is 22.9 Å². The molecule has 1 aromatic carbocycles. The number of amides is 4. The van der Waals surface area contributed by atoms with Crippen LogP contribution in [0.2, 0.25) is 0 Å². The molecule has 0 spiro atoms. The predicted molar refractivity (Wildman–Crippen MR) is 222 cm³/mol. The number of guanidine groups is 1. The van der Waals surface area contributed by atoms with Crippen molar-refractivity contribution < 1.29 is 29.1 Å². The van der Waals surface area contributed by atoms with Crippen molar-refractivity contribution >= 4 is 46.5 Å². The molecule has 1 aliphatic rings. The van der Waals surface area contributed by atoms with E-state index < -0.39 is 59.3 Å². The van der Waals surface area contributed by atoms with Crippen LogP contribution in [0.1, 0.15) is 91.5 Å². The van der Waals surface area contributed by atoms with Gasteiger partial charge in [-0.2, -0.15) is 0 Å². The molecule has 0 saturated carbocycles. The molecule has 0 aliphatic carbocycles. The molecule has 6 atom stereocenters. The van der Waals surface area contributed by atoms with Gasteiger partial charge < -0.3 is 59.2 Å². The molecular weight excluding hydrogens is 731 g/mol. The lowest BCUT2D eigenvalue weighted by Crippen LogP contribution is -2.61.